The van der Waals surface area contributed by atoms with Gasteiger partial charge in [-0.05, 0) is 69.4 Å². The van der Waals surface area contributed by atoms with Gasteiger partial charge in [-0.3, -0.25) is 8.97 Å². The van der Waals surface area contributed by atoms with Crippen LogP contribution in [0.4, 0.5) is 0 Å². The second-order valence-corrected chi connectivity index (χ2v) is 15.3. The van der Waals surface area contributed by atoms with E-state index in [2.05, 4.69) is 167 Å². The lowest BCUT2D eigenvalue weighted by molar-refractivity contribution is 0.982. The first kappa shape index (κ1) is 32.8. The predicted molar refractivity (Wildman–Crippen MR) is 245 cm³/mol. The first-order valence-corrected chi connectivity index (χ1v) is 20.1. The van der Waals surface area contributed by atoms with Gasteiger partial charge in [0.05, 0.1) is 27.6 Å². The maximum Gasteiger partial charge on any atom is 0.221 e. The molecule has 60 heavy (non-hydrogen) atoms. The Balaban J connectivity index is 1.15. The number of nitrogens with zero attached hydrogens (tertiary/aromatic N) is 7. The molecule has 0 N–H and O–H groups in total. The quantitative estimate of drug-likeness (QED) is 0.167. The maximum atomic E-state index is 5.45. The highest BCUT2D eigenvalue weighted by molar-refractivity contribution is 6.22. The molecule has 0 aliphatic heterocycles. The average Bonchev–Trinajstić information content (AvgIpc) is 3.88. The number of para-hydroxylation sites is 4. The van der Waals surface area contributed by atoms with Gasteiger partial charge in [-0.1, -0.05) is 146 Å². The number of hydrogen-bond donors (Lipinski definition) is 0. The van der Waals surface area contributed by atoms with E-state index in [-0.39, 0.29) is 0 Å². The predicted octanol–water partition coefficient (Wildman–Crippen LogP) is 12.8. The van der Waals surface area contributed by atoms with Crippen molar-refractivity contribution in [3.63, 3.8) is 0 Å². The lowest BCUT2D eigenvalue weighted by Gasteiger charge is -2.15. The third kappa shape index (κ3) is 4.74. The van der Waals surface area contributed by atoms with Crippen molar-refractivity contribution in [3.8, 4) is 40.1 Å². The van der Waals surface area contributed by atoms with E-state index in [9.17, 15) is 0 Å². The van der Waals surface area contributed by atoms with Gasteiger partial charge in [0.25, 0.3) is 0 Å². The lowest BCUT2D eigenvalue weighted by Crippen LogP contribution is -2.06. The summed E-state index contributed by atoms with van der Waals surface area (Å²) in [5, 5.41) is 9.86. The zero-order chi connectivity index (χ0) is 39.3. The van der Waals surface area contributed by atoms with Gasteiger partial charge in [0, 0.05) is 38.2 Å². The molecule has 9 aromatic carbocycles. The Bertz CT molecular complexity index is 3900. The van der Waals surface area contributed by atoms with Crippen molar-refractivity contribution in [2.24, 2.45) is 0 Å². The smallest absolute Gasteiger partial charge is 0.221 e. The van der Waals surface area contributed by atoms with Gasteiger partial charge in [-0.2, -0.15) is 0 Å². The van der Waals surface area contributed by atoms with Crippen LogP contribution in [0, 0.1) is 0 Å². The summed E-state index contributed by atoms with van der Waals surface area (Å²) in [6.07, 6.45) is 0. The van der Waals surface area contributed by atoms with E-state index in [4.69, 9.17) is 24.9 Å². The number of rotatable bonds is 4. The van der Waals surface area contributed by atoms with E-state index >= 15 is 0 Å². The number of hydrogen-bond acceptors (Lipinski definition) is 5. The molecular weight excluding hydrogens is 735 g/mol. The van der Waals surface area contributed by atoms with Crippen LogP contribution in [-0.2, 0) is 0 Å². The molecule has 0 amide bonds. The largest absolute Gasteiger partial charge is 0.278 e. The highest BCUT2D eigenvalue weighted by Crippen LogP contribution is 2.42. The third-order valence-corrected chi connectivity index (χ3v) is 11.9. The van der Waals surface area contributed by atoms with Crippen molar-refractivity contribution in [2.75, 3.05) is 0 Å². The molecule has 0 aliphatic carbocycles. The summed E-state index contributed by atoms with van der Waals surface area (Å²) in [7, 11) is 0. The van der Waals surface area contributed by atoms with Gasteiger partial charge < -0.3 is 0 Å². The van der Waals surface area contributed by atoms with Crippen LogP contribution in [0.15, 0.2) is 188 Å². The second-order valence-electron chi connectivity index (χ2n) is 15.3. The average molecular weight is 766 g/mol. The fourth-order valence-corrected chi connectivity index (χ4v) is 9.27. The number of imidazole rings is 1. The van der Waals surface area contributed by atoms with E-state index in [0.29, 0.717) is 17.5 Å². The monoisotopic (exact) mass is 765 g/mol. The first-order chi connectivity index (χ1) is 29.8. The fraction of sp³-hybridized carbons (Fsp3) is 0. The lowest BCUT2D eigenvalue weighted by atomic mass is 9.96. The molecule has 0 saturated carbocycles. The van der Waals surface area contributed by atoms with Crippen LogP contribution in [0.5, 0.6) is 0 Å². The van der Waals surface area contributed by atoms with Crippen LogP contribution in [0.3, 0.4) is 0 Å². The Morgan fingerprint density at radius 1 is 0.333 bits per heavy atom. The molecule has 278 valence electrons. The SMILES string of the molecule is c1ccc(-c2nc(-c3cc4ccccc4c4ccccc34)nc(-c3cc4c5ccccc5n(-c5nc6ccccc6c6nc7ccccc7n56)c4c4ccccc34)n2)cc1. The molecule has 0 spiro atoms. The molecule has 0 atom stereocenters. The van der Waals surface area contributed by atoms with Crippen LogP contribution >= 0.6 is 0 Å². The molecule has 13 rings (SSSR count). The Labute approximate surface area is 342 Å². The van der Waals surface area contributed by atoms with Gasteiger partial charge in [-0.15, -0.1) is 0 Å². The van der Waals surface area contributed by atoms with Gasteiger partial charge in [-0.25, -0.2) is 24.9 Å². The second kappa shape index (κ2) is 12.6. The van der Waals surface area contributed by atoms with E-state index in [1.54, 1.807) is 0 Å². The number of fused-ring (bicyclic) bond motifs is 13. The topological polar surface area (TPSA) is 73.8 Å². The van der Waals surface area contributed by atoms with Gasteiger partial charge >= 0.3 is 0 Å². The molecule has 0 fully saturated rings. The molecule has 7 heteroatoms. The molecule has 0 aliphatic rings. The van der Waals surface area contributed by atoms with Gasteiger partial charge in [0.2, 0.25) is 5.95 Å². The summed E-state index contributed by atoms with van der Waals surface area (Å²) in [4.78, 5) is 26.5. The van der Waals surface area contributed by atoms with E-state index < -0.39 is 0 Å². The normalized spacial score (nSPS) is 12.0. The standard InChI is InChI=1S/C53H31N7/c1-2-16-32(17-3-1)49-56-50(42-30-33-18-4-5-19-34(33)35-20-6-7-21-36(35)42)58-51(57-49)43-31-41-38-23-11-14-28-46(38)59(48(41)39-24-9-8-22-37(39)43)53-55-44-26-12-10-25-40(44)52-54-45-27-13-15-29-47(45)60(52)53/h1-31H. The number of aromatic nitrogens is 7. The van der Waals surface area contributed by atoms with E-state index in [1.165, 1.54) is 5.39 Å². The Hall–Kier alpha value is -8.29. The van der Waals surface area contributed by atoms with Gasteiger partial charge in [0.15, 0.2) is 17.5 Å². The maximum absolute atomic E-state index is 5.45. The zero-order valence-corrected chi connectivity index (χ0v) is 32.0. The highest BCUT2D eigenvalue weighted by Gasteiger charge is 2.24. The van der Waals surface area contributed by atoms with E-state index in [1.807, 2.05) is 30.3 Å². The van der Waals surface area contributed by atoms with Crippen LogP contribution < -0.4 is 0 Å². The summed E-state index contributed by atoms with van der Waals surface area (Å²) in [6, 6.07) is 65.5. The zero-order valence-electron chi connectivity index (χ0n) is 32.0. The fourth-order valence-electron chi connectivity index (χ4n) is 9.27. The summed E-state index contributed by atoms with van der Waals surface area (Å²) >= 11 is 0. The van der Waals surface area contributed by atoms with Crippen LogP contribution in [0.2, 0.25) is 0 Å². The van der Waals surface area contributed by atoms with Crippen molar-refractivity contribution in [3.05, 3.63) is 188 Å². The van der Waals surface area contributed by atoms with E-state index in [0.717, 1.165) is 99.0 Å². The molecule has 13 aromatic rings. The van der Waals surface area contributed by atoms with Crippen LogP contribution in [0.25, 0.3) is 122 Å². The molecule has 4 aromatic heterocycles. The van der Waals surface area contributed by atoms with Crippen molar-refractivity contribution < 1.29 is 0 Å². The van der Waals surface area contributed by atoms with Crippen molar-refractivity contribution in [1.29, 1.82) is 0 Å². The summed E-state index contributed by atoms with van der Waals surface area (Å²) in [6.45, 7) is 0. The Morgan fingerprint density at radius 3 is 1.67 bits per heavy atom. The molecule has 0 unspecified atom stereocenters. The third-order valence-electron chi connectivity index (χ3n) is 11.9. The minimum Gasteiger partial charge on any atom is -0.278 e. The molecule has 7 nitrogen and oxygen atoms in total. The molecule has 0 bridgehead atoms. The Kier molecular flexibility index (Phi) is 6.88. The molecule has 0 saturated heterocycles. The highest BCUT2D eigenvalue weighted by atomic mass is 15.2. The Morgan fingerprint density at radius 2 is 0.883 bits per heavy atom. The molecule has 4 heterocycles. The van der Waals surface area contributed by atoms with Crippen LogP contribution in [-0.4, -0.2) is 33.9 Å². The summed E-state index contributed by atoms with van der Waals surface area (Å²) in [5.74, 6) is 2.63. The number of benzene rings is 9. The van der Waals surface area contributed by atoms with Crippen molar-refractivity contribution in [2.45, 2.75) is 0 Å². The molecule has 0 radical (unpaired) electrons. The van der Waals surface area contributed by atoms with Gasteiger partial charge in [0.1, 0.15) is 5.65 Å². The minimum atomic E-state index is 0.609. The van der Waals surface area contributed by atoms with Crippen molar-refractivity contribution >= 4 is 81.7 Å². The van der Waals surface area contributed by atoms with Crippen LogP contribution in [0.1, 0.15) is 0 Å². The van der Waals surface area contributed by atoms with Crippen molar-refractivity contribution in [1.82, 2.24) is 33.9 Å². The first-order valence-electron chi connectivity index (χ1n) is 20.1. The molecular formula is C53H31N7. The minimum absolute atomic E-state index is 0.609. The summed E-state index contributed by atoms with van der Waals surface area (Å²) < 4.78 is 4.53. The summed E-state index contributed by atoms with van der Waals surface area (Å²) in [5.41, 5.74) is 8.58.